The maximum absolute atomic E-state index is 4.77. The maximum atomic E-state index is 4.77. The molecule has 0 saturated heterocycles. The molecule has 0 amide bonds. The van der Waals surface area contributed by atoms with Crippen LogP contribution >= 0.6 is 11.8 Å². The Morgan fingerprint density at radius 2 is 2.16 bits per heavy atom. The highest BCUT2D eigenvalue weighted by Crippen LogP contribution is 2.43. The van der Waals surface area contributed by atoms with Crippen molar-refractivity contribution in [1.82, 2.24) is 5.32 Å². The Morgan fingerprint density at radius 1 is 1.32 bits per heavy atom. The number of thioether (sulfide) groups is 1. The molecule has 4 heteroatoms. The molecule has 0 aromatic heterocycles. The molecule has 0 bridgehead atoms. The van der Waals surface area contributed by atoms with Crippen LogP contribution in [0.15, 0.2) is 50.8 Å². The molecule has 1 aromatic rings. The molecule has 0 spiro atoms. The van der Waals surface area contributed by atoms with Gasteiger partial charge in [0.2, 0.25) is 0 Å². The van der Waals surface area contributed by atoms with Crippen molar-refractivity contribution in [2.24, 2.45) is 4.99 Å². The molecule has 1 aromatic carbocycles. The molecule has 2 aliphatic rings. The molecule has 1 aliphatic heterocycles. The molecule has 0 radical (unpaired) electrons. The Morgan fingerprint density at radius 3 is 2.89 bits per heavy atom. The number of likely N-dealkylation sites (N-methyl/N-ethyl adjacent to an activating group) is 1. The van der Waals surface area contributed by atoms with E-state index in [0.717, 1.165) is 12.1 Å². The highest BCUT2D eigenvalue weighted by Gasteiger charge is 2.20. The number of aliphatic imine (C=N–C) groups is 1. The van der Waals surface area contributed by atoms with E-state index in [1.165, 1.54) is 26.9 Å². The second-order valence-electron chi connectivity index (χ2n) is 4.83. The average Bonchev–Trinajstić information content (AvgIpc) is 2.43. The lowest BCUT2D eigenvalue weighted by Gasteiger charge is -2.22. The van der Waals surface area contributed by atoms with E-state index in [0.29, 0.717) is 0 Å². The molecule has 0 unspecified atom stereocenters. The third-order valence-corrected chi connectivity index (χ3v) is 4.43. The summed E-state index contributed by atoms with van der Waals surface area (Å²) in [4.78, 5) is 9.39. The number of hydrogen-bond acceptors (Lipinski definition) is 4. The van der Waals surface area contributed by atoms with E-state index < -0.39 is 0 Å². The largest absolute Gasteiger partial charge is 0.388 e. The van der Waals surface area contributed by atoms with Gasteiger partial charge in [0.05, 0.1) is 11.4 Å². The normalized spacial score (nSPS) is 16.7. The van der Waals surface area contributed by atoms with Crippen molar-refractivity contribution in [3.8, 4) is 0 Å². The summed E-state index contributed by atoms with van der Waals surface area (Å²) in [5, 5.41) is 3.20. The van der Waals surface area contributed by atoms with E-state index in [-0.39, 0.29) is 0 Å². The third kappa shape index (κ3) is 2.28. The average molecular weight is 271 g/mol. The van der Waals surface area contributed by atoms with Crippen LogP contribution < -0.4 is 10.2 Å². The van der Waals surface area contributed by atoms with Crippen molar-refractivity contribution < 1.29 is 0 Å². The summed E-state index contributed by atoms with van der Waals surface area (Å²) in [5.74, 6) is 0. The Bertz CT molecular complexity index is 612. The highest BCUT2D eigenvalue weighted by atomic mass is 32.2. The molecular weight excluding hydrogens is 254 g/mol. The smallest absolute Gasteiger partial charge is 0.0774 e. The number of anilines is 1. The summed E-state index contributed by atoms with van der Waals surface area (Å²) in [5.41, 5.74) is 4.65. The first kappa shape index (κ1) is 12.4. The zero-order valence-corrected chi connectivity index (χ0v) is 12.2. The fourth-order valence-corrected chi connectivity index (χ4v) is 3.24. The van der Waals surface area contributed by atoms with Gasteiger partial charge in [0.15, 0.2) is 0 Å². The predicted molar refractivity (Wildman–Crippen MR) is 83.6 cm³/mol. The van der Waals surface area contributed by atoms with Gasteiger partial charge in [-0.2, -0.15) is 0 Å². The summed E-state index contributed by atoms with van der Waals surface area (Å²) in [6.07, 6.45) is 5.27. The van der Waals surface area contributed by atoms with Crippen molar-refractivity contribution in [2.75, 3.05) is 26.0 Å². The molecule has 0 atom stereocenters. The molecular formula is C15H17N3S. The lowest BCUT2D eigenvalue weighted by Crippen LogP contribution is -2.13. The van der Waals surface area contributed by atoms with Crippen molar-refractivity contribution in [3.63, 3.8) is 0 Å². The topological polar surface area (TPSA) is 27.6 Å². The Kier molecular flexibility index (Phi) is 3.11. The molecule has 19 heavy (non-hydrogen) atoms. The standard InChI is InChI=1S/C15H17N3S/c1-16-10-4-6-12-14(8-10)19-15-9-11(18(2)3)5-7-13(15)17-12/h4-5,7-9,16H,6H2,1-3H3. The van der Waals surface area contributed by atoms with E-state index >= 15 is 0 Å². The van der Waals surface area contributed by atoms with Crippen molar-refractivity contribution in [3.05, 3.63) is 41.0 Å². The molecule has 0 saturated carbocycles. The minimum Gasteiger partial charge on any atom is -0.388 e. The van der Waals surface area contributed by atoms with Crippen LogP contribution in [0.25, 0.3) is 0 Å². The Labute approximate surface area is 118 Å². The molecule has 1 heterocycles. The van der Waals surface area contributed by atoms with Crippen LogP contribution in [0.2, 0.25) is 0 Å². The van der Waals surface area contributed by atoms with Crippen LogP contribution in [-0.4, -0.2) is 26.9 Å². The van der Waals surface area contributed by atoms with Gasteiger partial charge < -0.3 is 10.2 Å². The first-order valence-electron chi connectivity index (χ1n) is 6.34. The van der Waals surface area contributed by atoms with Crippen LogP contribution in [0.3, 0.4) is 0 Å². The van der Waals surface area contributed by atoms with Gasteiger partial charge in [-0.3, -0.25) is 4.99 Å². The molecule has 1 N–H and O–H groups in total. The highest BCUT2D eigenvalue weighted by molar-refractivity contribution is 8.04. The summed E-state index contributed by atoms with van der Waals surface area (Å²) in [6.45, 7) is 0. The fourth-order valence-electron chi connectivity index (χ4n) is 2.17. The van der Waals surface area contributed by atoms with Crippen LogP contribution in [0, 0.1) is 0 Å². The number of nitrogens with one attached hydrogen (secondary N) is 1. The lowest BCUT2D eigenvalue weighted by molar-refractivity contribution is 1.01. The van der Waals surface area contributed by atoms with Crippen molar-refractivity contribution in [2.45, 2.75) is 11.3 Å². The monoisotopic (exact) mass is 271 g/mol. The van der Waals surface area contributed by atoms with E-state index in [4.69, 9.17) is 4.99 Å². The lowest BCUT2D eigenvalue weighted by atomic mass is 10.1. The number of nitrogens with zero attached hydrogens (tertiary/aromatic N) is 2. The number of rotatable bonds is 2. The number of fused-ring (bicyclic) bond motifs is 2. The minimum atomic E-state index is 0.907. The summed E-state index contributed by atoms with van der Waals surface area (Å²) in [7, 11) is 6.08. The fraction of sp³-hybridized carbons (Fsp3) is 0.267. The molecule has 1 aliphatic carbocycles. The number of allylic oxidation sites excluding steroid dienone is 3. The van der Waals surface area contributed by atoms with Gasteiger partial charge in [-0.05, 0) is 24.3 Å². The molecule has 0 fully saturated rings. The van der Waals surface area contributed by atoms with Crippen LogP contribution in [-0.2, 0) is 0 Å². The van der Waals surface area contributed by atoms with Gasteiger partial charge in [-0.1, -0.05) is 17.8 Å². The second kappa shape index (κ2) is 4.78. The third-order valence-electron chi connectivity index (χ3n) is 3.31. The van der Waals surface area contributed by atoms with Crippen LogP contribution in [0.5, 0.6) is 0 Å². The molecule has 3 nitrogen and oxygen atoms in total. The zero-order chi connectivity index (χ0) is 13.4. The molecule has 98 valence electrons. The number of hydrogen-bond donors (Lipinski definition) is 1. The Hall–Kier alpha value is -1.68. The van der Waals surface area contributed by atoms with Gasteiger partial charge >= 0.3 is 0 Å². The van der Waals surface area contributed by atoms with E-state index in [9.17, 15) is 0 Å². The summed E-state index contributed by atoms with van der Waals surface area (Å²) in [6, 6.07) is 6.44. The first-order chi connectivity index (χ1) is 9.17. The SMILES string of the molecule is CNC1=CCC2=Nc3ccc(N(C)C)cc3SC2=C1. The Balaban J connectivity index is 2.00. The summed E-state index contributed by atoms with van der Waals surface area (Å²) < 4.78 is 0. The van der Waals surface area contributed by atoms with E-state index in [2.05, 4.69) is 54.7 Å². The van der Waals surface area contributed by atoms with E-state index in [1.54, 1.807) is 0 Å². The minimum absolute atomic E-state index is 0.907. The first-order valence-corrected chi connectivity index (χ1v) is 7.16. The van der Waals surface area contributed by atoms with E-state index in [1.807, 2.05) is 18.8 Å². The second-order valence-corrected chi connectivity index (χ2v) is 5.91. The van der Waals surface area contributed by atoms with Crippen LogP contribution in [0.4, 0.5) is 11.4 Å². The van der Waals surface area contributed by atoms with Gasteiger partial charge in [-0.15, -0.1) is 0 Å². The predicted octanol–water partition coefficient (Wildman–Crippen LogP) is 3.32. The maximum Gasteiger partial charge on any atom is 0.0774 e. The van der Waals surface area contributed by atoms with Crippen LogP contribution in [0.1, 0.15) is 6.42 Å². The summed E-state index contributed by atoms with van der Waals surface area (Å²) >= 11 is 1.81. The van der Waals surface area contributed by atoms with Gasteiger partial charge in [0.25, 0.3) is 0 Å². The van der Waals surface area contributed by atoms with Crippen molar-refractivity contribution in [1.29, 1.82) is 0 Å². The number of benzene rings is 1. The molecule has 3 rings (SSSR count). The van der Waals surface area contributed by atoms with Gasteiger partial charge in [-0.25, -0.2) is 0 Å². The van der Waals surface area contributed by atoms with Gasteiger partial charge in [0, 0.05) is 48.7 Å². The van der Waals surface area contributed by atoms with Gasteiger partial charge in [0.1, 0.15) is 0 Å². The van der Waals surface area contributed by atoms with Crippen molar-refractivity contribution >= 4 is 28.8 Å². The zero-order valence-electron chi connectivity index (χ0n) is 11.4. The quantitative estimate of drug-likeness (QED) is 0.894.